The summed E-state index contributed by atoms with van der Waals surface area (Å²) in [5, 5.41) is 9.33. The van der Waals surface area contributed by atoms with Crippen LogP contribution in [0.4, 0.5) is 0 Å². The topological polar surface area (TPSA) is 20.2 Å². The Hall–Kier alpha value is 0.250. The van der Waals surface area contributed by atoms with Crippen LogP contribution in [0.1, 0.15) is 27.7 Å². The second kappa shape index (κ2) is 2.89. The first-order chi connectivity index (χ1) is 3.85. The normalized spacial score (nSPS) is 16.3. The van der Waals surface area contributed by atoms with Gasteiger partial charge in [0.25, 0.3) is 0 Å². The van der Waals surface area contributed by atoms with Crippen LogP contribution in [0.5, 0.6) is 0 Å². The minimum absolute atomic E-state index is 0.234. The van der Waals surface area contributed by atoms with E-state index in [0.29, 0.717) is 0 Å². The molecule has 1 atom stereocenters. The van der Waals surface area contributed by atoms with Crippen LogP contribution < -0.4 is 0 Å². The van der Waals surface area contributed by atoms with E-state index in [4.69, 9.17) is 11.6 Å². The summed E-state index contributed by atoms with van der Waals surface area (Å²) in [5.74, 6) is 0.234. The van der Waals surface area contributed by atoms with Gasteiger partial charge in [-0.3, -0.25) is 0 Å². The third-order valence-electron chi connectivity index (χ3n) is 1.33. The van der Waals surface area contributed by atoms with Crippen molar-refractivity contribution in [2.45, 2.75) is 38.7 Å². The van der Waals surface area contributed by atoms with E-state index in [1.807, 2.05) is 27.7 Å². The van der Waals surface area contributed by atoms with Crippen LogP contribution in [0.2, 0.25) is 0 Å². The highest BCUT2D eigenvalue weighted by molar-refractivity contribution is 6.23. The summed E-state index contributed by atoms with van der Waals surface area (Å²) in [4.78, 5) is -0.492. The largest absolute Gasteiger partial charge is 0.391 e. The van der Waals surface area contributed by atoms with Crippen LogP contribution in [0.3, 0.4) is 0 Å². The average Bonchev–Trinajstić information content (AvgIpc) is 1.62. The van der Waals surface area contributed by atoms with Crippen molar-refractivity contribution in [3.8, 4) is 0 Å². The second-order valence-corrected chi connectivity index (χ2v) is 4.23. The van der Waals surface area contributed by atoms with E-state index in [0.717, 1.165) is 0 Å². The number of hydrogen-bond acceptors (Lipinski definition) is 1. The van der Waals surface area contributed by atoms with Gasteiger partial charge in [0, 0.05) is 0 Å². The fourth-order valence-electron chi connectivity index (χ4n) is 0.793. The lowest BCUT2D eigenvalue weighted by Gasteiger charge is -2.26. The molecule has 0 aromatic carbocycles. The molecule has 0 heterocycles. The van der Waals surface area contributed by atoms with E-state index in [-0.39, 0.29) is 5.92 Å². The fourth-order valence-corrected chi connectivity index (χ4v) is 1.04. The molecule has 0 aliphatic rings. The van der Waals surface area contributed by atoms with Crippen LogP contribution in [0.25, 0.3) is 0 Å². The third-order valence-corrected chi connectivity index (χ3v) is 1.56. The summed E-state index contributed by atoms with van der Waals surface area (Å²) >= 11 is 5.83. The van der Waals surface area contributed by atoms with Gasteiger partial charge in [0.05, 0.1) is 11.0 Å². The lowest BCUT2D eigenvalue weighted by Crippen LogP contribution is -2.34. The van der Waals surface area contributed by atoms with Crippen molar-refractivity contribution in [1.82, 2.24) is 0 Å². The zero-order valence-electron chi connectivity index (χ0n) is 6.48. The average molecular weight is 151 g/mol. The summed E-state index contributed by atoms with van der Waals surface area (Å²) in [7, 11) is 0. The molecular weight excluding hydrogens is 136 g/mol. The molecule has 0 saturated carbocycles. The summed E-state index contributed by atoms with van der Waals surface area (Å²) < 4.78 is 0. The van der Waals surface area contributed by atoms with E-state index in [1.54, 1.807) is 0 Å². The Morgan fingerprint density at radius 3 is 1.67 bits per heavy atom. The van der Waals surface area contributed by atoms with Gasteiger partial charge in [-0.2, -0.15) is 0 Å². The van der Waals surface area contributed by atoms with Gasteiger partial charge >= 0.3 is 0 Å². The second-order valence-electron chi connectivity index (χ2n) is 3.25. The van der Waals surface area contributed by atoms with Crippen molar-refractivity contribution in [3.05, 3.63) is 0 Å². The highest BCUT2D eigenvalue weighted by Gasteiger charge is 2.26. The number of hydrogen-bond donors (Lipinski definition) is 1. The van der Waals surface area contributed by atoms with Gasteiger partial charge in [-0.15, -0.1) is 11.6 Å². The molecule has 0 amide bonds. The van der Waals surface area contributed by atoms with E-state index >= 15 is 0 Å². The predicted octanol–water partition coefficient (Wildman–Crippen LogP) is 2.02. The van der Waals surface area contributed by atoms with Gasteiger partial charge in [-0.1, -0.05) is 13.8 Å². The fraction of sp³-hybridized carbons (Fsp3) is 1.00. The SMILES string of the molecule is CC(C)C(O)C(C)(C)Cl. The molecule has 0 aliphatic heterocycles. The third kappa shape index (κ3) is 3.07. The van der Waals surface area contributed by atoms with E-state index < -0.39 is 11.0 Å². The Morgan fingerprint density at radius 2 is 1.67 bits per heavy atom. The molecule has 1 nitrogen and oxygen atoms in total. The molecule has 2 heteroatoms. The molecule has 56 valence electrons. The standard InChI is InChI=1S/C7H15ClO/c1-5(2)6(9)7(3,4)8/h5-6,9H,1-4H3. The molecule has 1 unspecified atom stereocenters. The lowest BCUT2D eigenvalue weighted by atomic mass is 9.96. The lowest BCUT2D eigenvalue weighted by molar-refractivity contribution is 0.0927. The molecule has 9 heavy (non-hydrogen) atoms. The highest BCUT2D eigenvalue weighted by atomic mass is 35.5. The number of halogens is 1. The smallest absolute Gasteiger partial charge is 0.0749 e. The van der Waals surface area contributed by atoms with Gasteiger partial charge in [-0.25, -0.2) is 0 Å². The molecule has 0 rings (SSSR count). The Bertz CT molecular complexity index is 83.4. The van der Waals surface area contributed by atoms with Crippen molar-refractivity contribution in [2.75, 3.05) is 0 Å². The number of alkyl halides is 1. The Balaban J connectivity index is 3.88. The van der Waals surface area contributed by atoms with Gasteiger partial charge in [0.15, 0.2) is 0 Å². The minimum atomic E-state index is -0.492. The summed E-state index contributed by atoms with van der Waals surface area (Å²) in [6.07, 6.45) is -0.417. The molecule has 0 spiro atoms. The maximum Gasteiger partial charge on any atom is 0.0749 e. The maximum absolute atomic E-state index is 9.33. The van der Waals surface area contributed by atoms with Crippen LogP contribution >= 0.6 is 11.6 Å². The number of aliphatic hydroxyl groups is 1. The monoisotopic (exact) mass is 150 g/mol. The maximum atomic E-state index is 9.33. The number of aliphatic hydroxyl groups excluding tert-OH is 1. The number of rotatable bonds is 2. The van der Waals surface area contributed by atoms with Crippen molar-refractivity contribution >= 4 is 11.6 Å². The van der Waals surface area contributed by atoms with Crippen molar-refractivity contribution in [1.29, 1.82) is 0 Å². The van der Waals surface area contributed by atoms with Crippen LogP contribution in [-0.4, -0.2) is 16.1 Å². The van der Waals surface area contributed by atoms with Gasteiger partial charge in [0.1, 0.15) is 0 Å². The van der Waals surface area contributed by atoms with Crippen molar-refractivity contribution in [3.63, 3.8) is 0 Å². The molecule has 0 radical (unpaired) electrons. The van der Waals surface area contributed by atoms with Crippen LogP contribution in [-0.2, 0) is 0 Å². The first kappa shape index (κ1) is 9.25. The summed E-state index contributed by atoms with van der Waals surface area (Å²) in [6.45, 7) is 7.54. The molecule has 0 aromatic heterocycles. The first-order valence-corrected chi connectivity index (χ1v) is 3.60. The zero-order valence-corrected chi connectivity index (χ0v) is 7.24. The van der Waals surface area contributed by atoms with Crippen LogP contribution in [0, 0.1) is 5.92 Å². The van der Waals surface area contributed by atoms with E-state index in [1.165, 1.54) is 0 Å². The molecule has 0 fully saturated rings. The van der Waals surface area contributed by atoms with Crippen molar-refractivity contribution in [2.24, 2.45) is 5.92 Å². The summed E-state index contributed by atoms with van der Waals surface area (Å²) in [5.41, 5.74) is 0. The minimum Gasteiger partial charge on any atom is -0.391 e. The van der Waals surface area contributed by atoms with Gasteiger partial charge in [0.2, 0.25) is 0 Å². The quantitative estimate of drug-likeness (QED) is 0.598. The molecule has 0 bridgehead atoms. The first-order valence-electron chi connectivity index (χ1n) is 3.22. The predicted molar refractivity (Wildman–Crippen MR) is 40.8 cm³/mol. The molecule has 0 aromatic rings. The van der Waals surface area contributed by atoms with Crippen LogP contribution in [0.15, 0.2) is 0 Å². The molecule has 0 aliphatic carbocycles. The molecule has 1 N–H and O–H groups in total. The summed E-state index contributed by atoms with van der Waals surface area (Å²) in [6, 6.07) is 0. The Labute approximate surface area is 62.0 Å². The van der Waals surface area contributed by atoms with Gasteiger partial charge in [-0.05, 0) is 19.8 Å². The Kier molecular flexibility index (Phi) is 2.97. The van der Waals surface area contributed by atoms with Gasteiger partial charge < -0.3 is 5.11 Å². The van der Waals surface area contributed by atoms with E-state index in [2.05, 4.69) is 0 Å². The zero-order chi connectivity index (χ0) is 7.65. The molecule has 0 saturated heterocycles. The highest BCUT2D eigenvalue weighted by Crippen LogP contribution is 2.23. The van der Waals surface area contributed by atoms with E-state index in [9.17, 15) is 5.11 Å². The van der Waals surface area contributed by atoms with Crippen molar-refractivity contribution < 1.29 is 5.11 Å². The Morgan fingerprint density at radius 1 is 1.33 bits per heavy atom. The molecular formula is C7H15ClO.